The highest BCUT2D eigenvalue weighted by Gasteiger charge is 2.30. The first kappa shape index (κ1) is 17.9. The highest BCUT2D eigenvalue weighted by atomic mass is 16.5. The molecule has 0 spiro atoms. The monoisotopic (exact) mass is 301 g/mol. The van der Waals surface area contributed by atoms with Crippen molar-refractivity contribution in [2.75, 3.05) is 26.3 Å². The van der Waals surface area contributed by atoms with Gasteiger partial charge >= 0.3 is 0 Å². The minimum absolute atomic E-state index is 0.0554. The van der Waals surface area contributed by atoms with E-state index in [1.54, 1.807) is 0 Å². The first-order valence-electron chi connectivity index (χ1n) is 7.48. The Morgan fingerprint density at radius 3 is 2.86 bits per heavy atom. The molecule has 0 aromatic carbocycles. The van der Waals surface area contributed by atoms with E-state index in [-0.39, 0.29) is 11.8 Å². The number of hydrogen-bond acceptors (Lipinski definition) is 5. The number of nitrogens with one attached hydrogen (secondary N) is 2. The van der Waals surface area contributed by atoms with Gasteiger partial charge in [0.25, 0.3) is 5.91 Å². The normalized spacial score (nSPS) is 21.2. The molecule has 1 saturated heterocycles. The second-order valence-corrected chi connectivity index (χ2v) is 5.88. The zero-order valence-electron chi connectivity index (χ0n) is 12.8. The standard InChI is InChI=1S/C14H27N3O4/c1-9(2)8-21-6-5-17-14(20)12(18)11(15)7-10-3-4-16-13(10)19/h9-12,18H,3-8,15H2,1-2H3,(H,16,19)(H,17,20)/t10?,11-,12?/m0/s1. The van der Waals surface area contributed by atoms with Gasteiger partial charge in [-0.15, -0.1) is 0 Å². The molecule has 1 fully saturated rings. The molecule has 7 heteroatoms. The van der Waals surface area contributed by atoms with Crippen LogP contribution in [0, 0.1) is 11.8 Å². The molecule has 0 aliphatic carbocycles. The Hall–Kier alpha value is -1.18. The highest BCUT2D eigenvalue weighted by Crippen LogP contribution is 2.16. The van der Waals surface area contributed by atoms with Crippen molar-refractivity contribution in [3.63, 3.8) is 0 Å². The molecule has 122 valence electrons. The largest absolute Gasteiger partial charge is 0.382 e. The van der Waals surface area contributed by atoms with Gasteiger partial charge in [0.05, 0.1) is 6.61 Å². The van der Waals surface area contributed by atoms with E-state index in [4.69, 9.17) is 10.5 Å². The minimum atomic E-state index is -1.30. The highest BCUT2D eigenvalue weighted by molar-refractivity contribution is 5.82. The first-order valence-corrected chi connectivity index (χ1v) is 7.48. The Balaban J connectivity index is 2.21. The summed E-state index contributed by atoms with van der Waals surface area (Å²) >= 11 is 0. The van der Waals surface area contributed by atoms with Gasteiger partial charge in [0, 0.05) is 31.7 Å². The van der Waals surface area contributed by atoms with Crippen molar-refractivity contribution in [3.05, 3.63) is 0 Å². The van der Waals surface area contributed by atoms with E-state index in [2.05, 4.69) is 10.6 Å². The fourth-order valence-corrected chi connectivity index (χ4v) is 2.19. The molecule has 0 bridgehead atoms. The van der Waals surface area contributed by atoms with Crippen molar-refractivity contribution in [3.8, 4) is 0 Å². The van der Waals surface area contributed by atoms with Crippen LogP contribution in [-0.4, -0.2) is 55.4 Å². The molecule has 3 atom stereocenters. The predicted octanol–water partition coefficient (Wildman–Crippen LogP) is -1.01. The number of carbonyl (C=O) groups is 2. The smallest absolute Gasteiger partial charge is 0.250 e. The summed E-state index contributed by atoms with van der Waals surface area (Å²) in [5.41, 5.74) is 5.81. The molecule has 1 heterocycles. The van der Waals surface area contributed by atoms with Gasteiger partial charge < -0.3 is 26.2 Å². The van der Waals surface area contributed by atoms with Gasteiger partial charge in [-0.05, 0) is 18.8 Å². The van der Waals surface area contributed by atoms with Crippen LogP contribution in [-0.2, 0) is 14.3 Å². The quantitative estimate of drug-likeness (QED) is 0.408. The number of amides is 2. The van der Waals surface area contributed by atoms with Gasteiger partial charge in [-0.3, -0.25) is 9.59 Å². The lowest BCUT2D eigenvalue weighted by atomic mass is 9.95. The molecule has 2 amide bonds. The van der Waals surface area contributed by atoms with Crippen molar-refractivity contribution in [1.82, 2.24) is 10.6 Å². The van der Waals surface area contributed by atoms with E-state index in [9.17, 15) is 14.7 Å². The van der Waals surface area contributed by atoms with E-state index in [1.807, 2.05) is 13.8 Å². The van der Waals surface area contributed by atoms with Gasteiger partial charge in [-0.2, -0.15) is 0 Å². The summed E-state index contributed by atoms with van der Waals surface area (Å²) in [7, 11) is 0. The summed E-state index contributed by atoms with van der Waals surface area (Å²) in [5.74, 6) is -0.344. The maximum absolute atomic E-state index is 11.7. The number of aliphatic hydroxyl groups excluding tert-OH is 1. The molecular weight excluding hydrogens is 274 g/mol. The Morgan fingerprint density at radius 1 is 1.57 bits per heavy atom. The van der Waals surface area contributed by atoms with E-state index < -0.39 is 18.1 Å². The maximum atomic E-state index is 11.7. The second kappa shape index (κ2) is 8.96. The van der Waals surface area contributed by atoms with Gasteiger partial charge in [-0.1, -0.05) is 13.8 Å². The summed E-state index contributed by atoms with van der Waals surface area (Å²) in [6.45, 7) is 6.08. The van der Waals surface area contributed by atoms with Crippen molar-refractivity contribution in [2.24, 2.45) is 17.6 Å². The fourth-order valence-electron chi connectivity index (χ4n) is 2.19. The molecule has 5 N–H and O–H groups in total. The van der Waals surface area contributed by atoms with Crippen LogP contribution in [0.25, 0.3) is 0 Å². The third-order valence-corrected chi connectivity index (χ3v) is 3.39. The molecule has 1 aliphatic heterocycles. The molecule has 2 unspecified atom stereocenters. The predicted molar refractivity (Wildman–Crippen MR) is 78.4 cm³/mol. The Labute approximate surface area is 125 Å². The van der Waals surface area contributed by atoms with E-state index in [0.29, 0.717) is 45.1 Å². The summed E-state index contributed by atoms with van der Waals surface area (Å²) in [5, 5.41) is 15.2. The van der Waals surface area contributed by atoms with Crippen LogP contribution in [0.15, 0.2) is 0 Å². The Morgan fingerprint density at radius 2 is 2.29 bits per heavy atom. The van der Waals surface area contributed by atoms with Crippen LogP contribution in [0.5, 0.6) is 0 Å². The Kier molecular flexibility index (Phi) is 7.63. The summed E-state index contributed by atoms with van der Waals surface area (Å²) < 4.78 is 5.33. The summed E-state index contributed by atoms with van der Waals surface area (Å²) in [6.07, 6.45) is -0.294. The second-order valence-electron chi connectivity index (χ2n) is 5.88. The molecule has 0 aromatic rings. The van der Waals surface area contributed by atoms with Gasteiger partial charge in [0.1, 0.15) is 6.10 Å². The number of ether oxygens (including phenoxy) is 1. The lowest BCUT2D eigenvalue weighted by molar-refractivity contribution is -0.131. The number of carbonyl (C=O) groups excluding carboxylic acids is 2. The maximum Gasteiger partial charge on any atom is 0.250 e. The molecule has 0 aromatic heterocycles. The fraction of sp³-hybridized carbons (Fsp3) is 0.857. The lowest BCUT2D eigenvalue weighted by Gasteiger charge is -2.20. The molecule has 1 rings (SSSR count). The number of aliphatic hydroxyl groups is 1. The molecule has 21 heavy (non-hydrogen) atoms. The van der Waals surface area contributed by atoms with Crippen molar-refractivity contribution in [1.29, 1.82) is 0 Å². The van der Waals surface area contributed by atoms with Crippen LogP contribution in [0.3, 0.4) is 0 Å². The van der Waals surface area contributed by atoms with Crippen molar-refractivity contribution in [2.45, 2.75) is 38.8 Å². The Bertz CT molecular complexity index is 349. The molecular formula is C14H27N3O4. The number of nitrogens with two attached hydrogens (primary N) is 1. The van der Waals surface area contributed by atoms with Crippen molar-refractivity contribution < 1.29 is 19.4 Å². The van der Waals surface area contributed by atoms with Gasteiger partial charge in [-0.25, -0.2) is 0 Å². The van der Waals surface area contributed by atoms with E-state index >= 15 is 0 Å². The third-order valence-electron chi connectivity index (χ3n) is 3.39. The SMILES string of the molecule is CC(C)COCCNC(=O)C(O)[C@@H](N)CC1CCNC1=O. The summed E-state index contributed by atoms with van der Waals surface area (Å²) in [6, 6.07) is -0.740. The van der Waals surface area contributed by atoms with E-state index in [0.717, 1.165) is 0 Å². The van der Waals surface area contributed by atoms with Crippen molar-refractivity contribution >= 4 is 11.8 Å². The lowest BCUT2D eigenvalue weighted by Crippen LogP contribution is -2.48. The van der Waals surface area contributed by atoms with Gasteiger partial charge in [0.15, 0.2) is 0 Å². The van der Waals surface area contributed by atoms with Crippen LogP contribution in [0.1, 0.15) is 26.7 Å². The number of rotatable bonds is 9. The molecule has 0 radical (unpaired) electrons. The van der Waals surface area contributed by atoms with Crippen LogP contribution >= 0.6 is 0 Å². The van der Waals surface area contributed by atoms with Crippen LogP contribution in [0.2, 0.25) is 0 Å². The number of hydrogen-bond donors (Lipinski definition) is 4. The van der Waals surface area contributed by atoms with Crippen LogP contribution < -0.4 is 16.4 Å². The average Bonchev–Trinajstić information content (AvgIpc) is 2.82. The molecule has 7 nitrogen and oxygen atoms in total. The average molecular weight is 301 g/mol. The molecule has 1 aliphatic rings. The zero-order chi connectivity index (χ0) is 15.8. The minimum Gasteiger partial charge on any atom is -0.382 e. The third kappa shape index (κ3) is 6.41. The topological polar surface area (TPSA) is 114 Å². The van der Waals surface area contributed by atoms with E-state index in [1.165, 1.54) is 0 Å². The van der Waals surface area contributed by atoms with Gasteiger partial charge in [0.2, 0.25) is 5.91 Å². The summed E-state index contributed by atoms with van der Waals surface area (Å²) in [4.78, 5) is 23.2. The molecule has 0 saturated carbocycles. The zero-order valence-corrected chi connectivity index (χ0v) is 12.8. The first-order chi connectivity index (χ1) is 9.91. The van der Waals surface area contributed by atoms with Crippen LogP contribution in [0.4, 0.5) is 0 Å².